The van der Waals surface area contributed by atoms with Crippen molar-refractivity contribution in [3.63, 3.8) is 0 Å². The average Bonchev–Trinajstić information content (AvgIpc) is 2.85. The maximum atomic E-state index is 5.99. The Morgan fingerprint density at radius 1 is 1.32 bits per heavy atom. The fourth-order valence-corrected chi connectivity index (χ4v) is 3.33. The smallest absolute Gasteiger partial charge is 0.134 e. The van der Waals surface area contributed by atoms with Crippen LogP contribution in [0.15, 0.2) is 23.1 Å². The van der Waals surface area contributed by atoms with Gasteiger partial charge in [0.05, 0.1) is 10.0 Å². The van der Waals surface area contributed by atoms with E-state index in [-0.39, 0.29) is 0 Å². The third kappa shape index (κ3) is 4.24. The summed E-state index contributed by atoms with van der Waals surface area (Å²) in [6.07, 6.45) is 1.08. The van der Waals surface area contributed by atoms with Crippen LogP contribution in [0.1, 0.15) is 19.0 Å². The minimum absolute atomic E-state index is 0.576. The Kier molecular flexibility index (Phi) is 5.76. The summed E-state index contributed by atoms with van der Waals surface area (Å²) in [7, 11) is 0. The van der Waals surface area contributed by atoms with Crippen LogP contribution in [-0.4, -0.2) is 16.1 Å². The van der Waals surface area contributed by atoms with Gasteiger partial charge in [0.1, 0.15) is 10.7 Å². The molecule has 0 fully saturated rings. The van der Waals surface area contributed by atoms with Crippen LogP contribution in [0.5, 0.6) is 0 Å². The van der Waals surface area contributed by atoms with Gasteiger partial charge in [-0.25, -0.2) is 0 Å². The first-order chi connectivity index (χ1) is 9.20. The second kappa shape index (κ2) is 7.33. The number of hydrogen-bond acceptors (Lipinski definition) is 5. The van der Waals surface area contributed by atoms with Gasteiger partial charge >= 0.3 is 0 Å². The highest BCUT2D eigenvalue weighted by Gasteiger charge is 2.08. The van der Waals surface area contributed by atoms with E-state index in [0.29, 0.717) is 10.0 Å². The maximum absolute atomic E-state index is 5.99. The largest absolute Gasteiger partial charge is 0.374 e. The molecule has 0 bridgehead atoms. The normalized spacial score (nSPS) is 10.7. The van der Waals surface area contributed by atoms with E-state index in [1.165, 1.54) is 11.5 Å². The highest BCUT2D eigenvalue weighted by Crippen LogP contribution is 2.31. The Morgan fingerprint density at radius 3 is 2.89 bits per heavy atom. The van der Waals surface area contributed by atoms with E-state index in [4.69, 9.17) is 23.2 Å². The van der Waals surface area contributed by atoms with E-state index < -0.39 is 0 Å². The molecule has 1 N–H and O–H groups in total. The third-order valence-corrected chi connectivity index (χ3v) is 4.83. The number of hydrogen-bond donors (Lipinski definition) is 1. The SMILES string of the molecule is CCCNc1snnc1CSc1ccc(Cl)c(Cl)c1. The molecule has 102 valence electrons. The highest BCUT2D eigenvalue weighted by atomic mass is 35.5. The van der Waals surface area contributed by atoms with Crippen LogP contribution in [0.3, 0.4) is 0 Å². The first-order valence-electron chi connectivity index (χ1n) is 5.83. The lowest BCUT2D eigenvalue weighted by atomic mass is 10.4. The summed E-state index contributed by atoms with van der Waals surface area (Å²) in [5, 5.41) is 9.69. The van der Waals surface area contributed by atoms with Crippen molar-refractivity contribution in [3.05, 3.63) is 33.9 Å². The van der Waals surface area contributed by atoms with Crippen LogP contribution in [0, 0.1) is 0 Å². The molecule has 3 nitrogen and oxygen atoms in total. The van der Waals surface area contributed by atoms with Crippen LogP contribution in [-0.2, 0) is 5.75 Å². The summed E-state index contributed by atoms with van der Waals surface area (Å²) in [6.45, 7) is 3.07. The molecule has 0 radical (unpaired) electrons. The zero-order valence-corrected chi connectivity index (χ0v) is 13.5. The Hall–Kier alpha value is -0.490. The molecule has 0 amide bonds. The van der Waals surface area contributed by atoms with Gasteiger partial charge in [-0.3, -0.25) is 0 Å². The lowest BCUT2D eigenvalue weighted by molar-refractivity contribution is 0.976. The number of benzene rings is 1. The molecule has 2 rings (SSSR count). The molecular formula is C12H13Cl2N3S2. The van der Waals surface area contributed by atoms with Gasteiger partial charge < -0.3 is 5.32 Å². The first kappa shape index (κ1) is 14.9. The molecule has 0 unspecified atom stereocenters. The number of aromatic nitrogens is 2. The van der Waals surface area contributed by atoms with Crippen molar-refractivity contribution in [1.82, 2.24) is 9.59 Å². The van der Waals surface area contributed by atoms with Crippen molar-refractivity contribution < 1.29 is 0 Å². The Balaban J connectivity index is 1.98. The number of anilines is 1. The van der Waals surface area contributed by atoms with E-state index in [9.17, 15) is 0 Å². The fourth-order valence-electron chi connectivity index (χ4n) is 1.39. The molecule has 0 atom stereocenters. The number of nitrogens with one attached hydrogen (secondary N) is 1. The molecule has 0 aliphatic carbocycles. The summed E-state index contributed by atoms with van der Waals surface area (Å²) in [5.41, 5.74) is 0.981. The van der Waals surface area contributed by atoms with Crippen LogP contribution in [0.25, 0.3) is 0 Å². The van der Waals surface area contributed by atoms with Crippen LogP contribution < -0.4 is 5.32 Å². The van der Waals surface area contributed by atoms with E-state index in [1.807, 2.05) is 18.2 Å². The monoisotopic (exact) mass is 333 g/mol. The minimum Gasteiger partial charge on any atom is -0.374 e. The average molecular weight is 334 g/mol. The molecule has 0 saturated heterocycles. The van der Waals surface area contributed by atoms with Gasteiger partial charge in [-0.2, -0.15) is 0 Å². The number of halogens is 2. The number of nitrogens with zero attached hydrogens (tertiary/aromatic N) is 2. The van der Waals surface area contributed by atoms with Gasteiger partial charge in [0.25, 0.3) is 0 Å². The predicted octanol–water partition coefficient (Wildman–Crippen LogP) is 4.96. The molecule has 1 aromatic heterocycles. The lowest BCUT2D eigenvalue weighted by Crippen LogP contribution is -2.00. The van der Waals surface area contributed by atoms with Crippen molar-refractivity contribution >= 4 is 51.5 Å². The topological polar surface area (TPSA) is 37.8 Å². The van der Waals surface area contributed by atoms with Crippen molar-refractivity contribution in [2.75, 3.05) is 11.9 Å². The summed E-state index contributed by atoms with van der Waals surface area (Å²) < 4.78 is 3.99. The van der Waals surface area contributed by atoms with E-state index in [2.05, 4.69) is 21.8 Å². The molecule has 0 spiro atoms. The van der Waals surface area contributed by atoms with E-state index in [1.54, 1.807) is 11.8 Å². The second-order valence-electron chi connectivity index (χ2n) is 3.84. The summed E-state index contributed by atoms with van der Waals surface area (Å²) >= 11 is 14.9. The van der Waals surface area contributed by atoms with Gasteiger partial charge in [-0.1, -0.05) is 34.6 Å². The van der Waals surface area contributed by atoms with Crippen molar-refractivity contribution in [2.45, 2.75) is 24.0 Å². The molecule has 0 aliphatic rings. The van der Waals surface area contributed by atoms with Gasteiger partial charge in [0, 0.05) is 28.7 Å². The molecule has 0 aliphatic heterocycles. The number of rotatable bonds is 6. The van der Waals surface area contributed by atoms with Crippen molar-refractivity contribution in [1.29, 1.82) is 0 Å². The molecule has 2 aromatic rings. The zero-order chi connectivity index (χ0) is 13.7. The number of thioether (sulfide) groups is 1. The summed E-state index contributed by atoms with van der Waals surface area (Å²) in [5.74, 6) is 0.764. The standard InChI is InChI=1S/C12H13Cl2N3S2/c1-2-5-15-12-11(16-17-19-12)7-18-8-3-4-9(13)10(14)6-8/h3-4,6,15H,2,5,7H2,1H3. The fraction of sp³-hybridized carbons (Fsp3) is 0.333. The summed E-state index contributed by atoms with van der Waals surface area (Å²) in [6, 6.07) is 5.63. The second-order valence-corrected chi connectivity index (χ2v) is 6.46. The predicted molar refractivity (Wildman–Crippen MR) is 84.7 cm³/mol. The molecular weight excluding hydrogens is 321 g/mol. The Labute approximate surface area is 130 Å². The van der Waals surface area contributed by atoms with Gasteiger partial charge in [-0.05, 0) is 24.6 Å². The van der Waals surface area contributed by atoms with Gasteiger partial charge in [-0.15, -0.1) is 16.9 Å². The Morgan fingerprint density at radius 2 is 2.16 bits per heavy atom. The summed E-state index contributed by atoms with van der Waals surface area (Å²) in [4.78, 5) is 1.07. The van der Waals surface area contributed by atoms with E-state index in [0.717, 1.165) is 34.3 Å². The molecule has 1 heterocycles. The van der Waals surface area contributed by atoms with Crippen LogP contribution in [0.4, 0.5) is 5.00 Å². The van der Waals surface area contributed by atoms with Crippen LogP contribution in [0.2, 0.25) is 10.0 Å². The quantitative estimate of drug-likeness (QED) is 0.758. The van der Waals surface area contributed by atoms with Gasteiger partial charge in [0.15, 0.2) is 0 Å². The first-order valence-corrected chi connectivity index (χ1v) is 8.35. The maximum Gasteiger partial charge on any atom is 0.134 e. The van der Waals surface area contributed by atoms with Crippen LogP contribution >= 0.6 is 46.5 Å². The highest BCUT2D eigenvalue weighted by molar-refractivity contribution is 7.98. The molecule has 0 saturated carbocycles. The third-order valence-electron chi connectivity index (χ3n) is 2.36. The van der Waals surface area contributed by atoms with Crippen molar-refractivity contribution in [3.8, 4) is 0 Å². The molecule has 7 heteroatoms. The molecule has 19 heavy (non-hydrogen) atoms. The minimum atomic E-state index is 0.576. The lowest BCUT2D eigenvalue weighted by Gasteiger charge is -2.04. The Bertz CT molecular complexity index is 546. The van der Waals surface area contributed by atoms with Crippen molar-refractivity contribution in [2.24, 2.45) is 0 Å². The van der Waals surface area contributed by atoms with Gasteiger partial charge in [0.2, 0.25) is 0 Å². The van der Waals surface area contributed by atoms with E-state index >= 15 is 0 Å². The zero-order valence-electron chi connectivity index (χ0n) is 10.3. The molecule has 1 aromatic carbocycles.